The number of nitrogens with zero attached hydrogens (tertiary/aromatic N) is 1. The van der Waals surface area contributed by atoms with E-state index in [2.05, 4.69) is 11.4 Å². The molecule has 1 aromatic carbocycles. The molecule has 0 spiro atoms. The highest BCUT2D eigenvalue weighted by Crippen LogP contribution is 2.28. The van der Waals surface area contributed by atoms with Gasteiger partial charge in [0.15, 0.2) is 0 Å². The van der Waals surface area contributed by atoms with Crippen molar-refractivity contribution in [2.45, 2.75) is 6.04 Å². The van der Waals surface area contributed by atoms with Crippen molar-refractivity contribution in [1.29, 1.82) is 0 Å². The number of rotatable bonds is 1. The van der Waals surface area contributed by atoms with Gasteiger partial charge in [-0.25, -0.2) is 0 Å². The number of carbonyl (C=O) groups excluding carboxylic acids is 1. The molecule has 3 rings (SSSR count). The summed E-state index contributed by atoms with van der Waals surface area (Å²) in [6, 6.07) is 7.82. The minimum Gasteiger partial charge on any atom is -0.318 e. The second kappa shape index (κ2) is 3.05. The first-order valence-corrected chi connectivity index (χ1v) is 5.68. The first kappa shape index (κ1) is 8.88. The third kappa shape index (κ3) is 1.26. The van der Waals surface area contributed by atoms with Gasteiger partial charge < -0.3 is 10.6 Å². The van der Waals surface area contributed by atoms with Gasteiger partial charge in [0, 0.05) is 10.4 Å². The molecule has 0 aliphatic carbocycles. The van der Waals surface area contributed by atoms with Gasteiger partial charge in [-0.05, 0) is 35.0 Å². The molecular formula is C11H10N2OS. The van der Waals surface area contributed by atoms with E-state index in [0.29, 0.717) is 6.54 Å². The van der Waals surface area contributed by atoms with Gasteiger partial charge in [0.25, 0.3) is 0 Å². The molecule has 4 heteroatoms. The third-order valence-corrected chi connectivity index (χ3v) is 3.61. The predicted octanol–water partition coefficient (Wildman–Crippen LogP) is 1.58. The summed E-state index contributed by atoms with van der Waals surface area (Å²) in [6.07, 6.45) is 0. The molecule has 1 amide bonds. The smallest absolute Gasteiger partial charge is 0.245 e. The summed E-state index contributed by atoms with van der Waals surface area (Å²) >= 11 is 1.71. The highest BCUT2D eigenvalue weighted by molar-refractivity contribution is 7.17. The number of fused-ring (bicyclic) bond motifs is 1. The summed E-state index contributed by atoms with van der Waals surface area (Å²) in [6.45, 7) is 0.633. The molecule has 1 saturated heterocycles. The van der Waals surface area contributed by atoms with E-state index in [9.17, 15) is 4.79 Å². The average molecular weight is 218 g/mol. The maximum Gasteiger partial charge on any atom is 0.245 e. The van der Waals surface area contributed by atoms with Crippen LogP contribution in [0.5, 0.6) is 0 Å². The first-order chi connectivity index (χ1) is 7.25. The normalized spacial score (nSPS) is 20.7. The van der Waals surface area contributed by atoms with Crippen LogP contribution in [-0.4, -0.2) is 18.5 Å². The number of benzene rings is 1. The number of amides is 1. The molecule has 76 valence electrons. The quantitative estimate of drug-likeness (QED) is 0.739. The molecule has 2 N–H and O–H groups in total. The van der Waals surface area contributed by atoms with E-state index in [1.54, 1.807) is 16.2 Å². The van der Waals surface area contributed by atoms with Gasteiger partial charge in [-0.2, -0.15) is 0 Å². The topological polar surface area (TPSA) is 46.3 Å². The van der Waals surface area contributed by atoms with Crippen LogP contribution in [0.1, 0.15) is 0 Å². The monoisotopic (exact) mass is 218 g/mol. The number of thiophene rings is 1. The molecule has 2 heterocycles. The van der Waals surface area contributed by atoms with Crippen LogP contribution in [0.3, 0.4) is 0 Å². The predicted molar refractivity (Wildman–Crippen MR) is 62.2 cm³/mol. The van der Waals surface area contributed by atoms with Crippen molar-refractivity contribution in [3.63, 3.8) is 0 Å². The Labute approximate surface area is 91.1 Å². The van der Waals surface area contributed by atoms with Crippen LogP contribution in [0.25, 0.3) is 10.1 Å². The molecule has 1 aliphatic rings. The summed E-state index contributed by atoms with van der Waals surface area (Å²) < 4.78 is 1.25. The summed E-state index contributed by atoms with van der Waals surface area (Å²) in [5.74, 6) is 0.0181. The summed E-state index contributed by atoms with van der Waals surface area (Å²) in [5, 5.41) is 3.24. The first-order valence-electron chi connectivity index (χ1n) is 4.80. The van der Waals surface area contributed by atoms with E-state index >= 15 is 0 Å². The molecular weight excluding hydrogens is 208 g/mol. The number of β-lactam (4-membered cyclic amide) rings is 1. The molecule has 1 atom stereocenters. The van der Waals surface area contributed by atoms with Crippen molar-refractivity contribution in [2.75, 3.05) is 11.4 Å². The van der Waals surface area contributed by atoms with Gasteiger partial charge in [-0.1, -0.05) is 0 Å². The lowest BCUT2D eigenvalue weighted by Gasteiger charge is -2.36. The second-order valence-corrected chi connectivity index (χ2v) is 4.65. The van der Waals surface area contributed by atoms with Crippen molar-refractivity contribution in [3.8, 4) is 0 Å². The van der Waals surface area contributed by atoms with Crippen LogP contribution in [0.2, 0.25) is 0 Å². The Balaban J connectivity index is 2.01. The van der Waals surface area contributed by atoms with E-state index in [0.717, 1.165) is 5.69 Å². The molecule has 3 nitrogen and oxygen atoms in total. The van der Waals surface area contributed by atoms with Gasteiger partial charge in [0.2, 0.25) is 5.91 Å². The molecule has 1 fully saturated rings. The standard InChI is InChI=1S/C11H10N2OS/c12-9-6-13(11(9)14)8-1-2-10-7(5-8)3-4-15-10/h1-5,9H,6,12H2. The van der Waals surface area contributed by atoms with Gasteiger partial charge in [0.1, 0.15) is 6.04 Å². The van der Waals surface area contributed by atoms with Gasteiger partial charge in [0.05, 0.1) is 6.54 Å². The number of hydrogen-bond donors (Lipinski definition) is 1. The minimum atomic E-state index is -0.303. The van der Waals surface area contributed by atoms with Crippen molar-refractivity contribution in [2.24, 2.45) is 5.73 Å². The SMILES string of the molecule is NC1CN(c2ccc3sccc3c2)C1=O. The Hall–Kier alpha value is -1.39. The lowest BCUT2D eigenvalue weighted by atomic mass is 10.1. The fourth-order valence-corrected chi connectivity index (χ4v) is 2.58. The largest absolute Gasteiger partial charge is 0.318 e. The third-order valence-electron chi connectivity index (χ3n) is 2.71. The van der Waals surface area contributed by atoms with E-state index in [-0.39, 0.29) is 11.9 Å². The highest BCUT2D eigenvalue weighted by atomic mass is 32.1. The van der Waals surface area contributed by atoms with Crippen LogP contribution in [-0.2, 0) is 4.79 Å². The van der Waals surface area contributed by atoms with E-state index in [1.165, 1.54) is 10.1 Å². The number of nitrogens with two attached hydrogens (primary N) is 1. The van der Waals surface area contributed by atoms with Crippen LogP contribution in [0.4, 0.5) is 5.69 Å². The van der Waals surface area contributed by atoms with Crippen molar-refractivity contribution < 1.29 is 4.79 Å². The summed E-state index contributed by atoms with van der Waals surface area (Å²) in [5.41, 5.74) is 6.50. The lowest BCUT2D eigenvalue weighted by molar-refractivity contribution is -0.123. The Morgan fingerprint density at radius 2 is 2.27 bits per heavy atom. The Kier molecular flexibility index (Phi) is 1.81. The maximum atomic E-state index is 11.4. The van der Waals surface area contributed by atoms with Gasteiger partial charge >= 0.3 is 0 Å². The van der Waals surface area contributed by atoms with E-state index < -0.39 is 0 Å². The van der Waals surface area contributed by atoms with Gasteiger partial charge in [-0.3, -0.25) is 4.79 Å². The minimum absolute atomic E-state index is 0.0181. The summed E-state index contributed by atoms with van der Waals surface area (Å²) in [4.78, 5) is 13.2. The lowest BCUT2D eigenvalue weighted by Crippen LogP contribution is -2.61. The number of hydrogen-bond acceptors (Lipinski definition) is 3. The van der Waals surface area contributed by atoms with Crippen molar-refractivity contribution in [3.05, 3.63) is 29.6 Å². The zero-order chi connectivity index (χ0) is 10.4. The van der Waals surface area contributed by atoms with Crippen LogP contribution < -0.4 is 10.6 Å². The molecule has 0 bridgehead atoms. The Morgan fingerprint density at radius 3 is 3.00 bits per heavy atom. The molecule has 0 saturated carbocycles. The second-order valence-electron chi connectivity index (χ2n) is 3.70. The van der Waals surface area contributed by atoms with Crippen LogP contribution >= 0.6 is 11.3 Å². The van der Waals surface area contributed by atoms with Crippen LogP contribution in [0.15, 0.2) is 29.6 Å². The fraction of sp³-hybridized carbons (Fsp3) is 0.182. The zero-order valence-corrected chi connectivity index (χ0v) is 8.83. The maximum absolute atomic E-state index is 11.4. The molecule has 1 aromatic heterocycles. The zero-order valence-electron chi connectivity index (χ0n) is 8.01. The van der Waals surface area contributed by atoms with Crippen molar-refractivity contribution >= 4 is 33.0 Å². The van der Waals surface area contributed by atoms with Gasteiger partial charge in [-0.15, -0.1) is 11.3 Å². The Bertz CT molecular complexity index is 534. The summed E-state index contributed by atoms with van der Waals surface area (Å²) in [7, 11) is 0. The highest BCUT2D eigenvalue weighted by Gasteiger charge is 2.34. The number of anilines is 1. The van der Waals surface area contributed by atoms with E-state index in [4.69, 9.17) is 5.73 Å². The Morgan fingerprint density at radius 1 is 1.40 bits per heavy atom. The molecule has 0 radical (unpaired) electrons. The number of carbonyl (C=O) groups is 1. The molecule has 1 unspecified atom stereocenters. The molecule has 2 aromatic rings. The fourth-order valence-electron chi connectivity index (χ4n) is 1.81. The van der Waals surface area contributed by atoms with Crippen molar-refractivity contribution in [1.82, 2.24) is 0 Å². The molecule has 15 heavy (non-hydrogen) atoms. The van der Waals surface area contributed by atoms with Crippen LogP contribution in [0, 0.1) is 0 Å². The molecule has 1 aliphatic heterocycles. The van der Waals surface area contributed by atoms with E-state index in [1.807, 2.05) is 18.2 Å². The average Bonchev–Trinajstić information content (AvgIpc) is 2.72.